The number of hydrogen-bond donors (Lipinski definition) is 1. The minimum atomic E-state index is -3.43. The maximum atomic E-state index is 12.5. The number of amides is 1. The third-order valence-corrected chi connectivity index (χ3v) is 7.01. The van der Waals surface area contributed by atoms with E-state index in [1.54, 1.807) is 17.5 Å². The molecule has 1 saturated carbocycles. The molecule has 0 radical (unpaired) electrons. The first kappa shape index (κ1) is 14.0. The van der Waals surface area contributed by atoms with Crippen LogP contribution in [0.25, 0.3) is 0 Å². The van der Waals surface area contributed by atoms with Gasteiger partial charge in [0.05, 0.1) is 5.92 Å². The highest BCUT2D eigenvalue weighted by molar-refractivity contribution is 7.91. The summed E-state index contributed by atoms with van der Waals surface area (Å²) >= 11 is 1.22. The van der Waals surface area contributed by atoms with E-state index in [-0.39, 0.29) is 11.8 Å². The normalized spacial score (nSPS) is 24.5. The number of nitrogens with one attached hydrogen (secondary N) is 1. The lowest BCUT2D eigenvalue weighted by Gasteiger charge is -2.30. The molecular formula is C13H18N2O3S2. The van der Waals surface area contributed by atoms with Crippen molar-refractivity contribution in [2.45, 2.75) is 35.9 Å². The Morgan fingerprint density at radius 3 is 2.80 bits per heavy atom. The molecule has 0 spiro atoms. The van der Waals surface area contributed by atoms with Gasteiger partial charge in [-0.15, -0.1) is 11.3 Å². The number of hydrogen-bond acceptors (Lipinski definition) is 4. The summed E-state index contributed by atoms with van der Waals surface area (Å²) < 4.78 is 26.7. The second-order valence-corrected chi connectivity index (χ2v) is 8.53. The molecule has 2 fully saturated rings. The maximum absolute atomic E-state index is 12.5. The van der Waals surface area contributed by atoms with Gasteiger partial charge in [-0.05, 0) is 37.1 Å². The van der Waals surface area contributed by atoms with Gasteiger partial charge >= 0.3 is 0 Å². The highest BCUT2D eigenvalue weighted by atomic mass is 32.2. The summed E-state index contributed by atoms with van der Waals surface area (Å²) in [4.78, 5) is 12.1. The van der Waals surface area contributed by atoms with Crippen LogP contribution in [0.4, 0.5) is 0 Å². The Hall–Kier alpha value is -0.920. The number of nitrogens with zero attached hydrogens (tertiary/aromatic N) is 1. The summed E-state index contributed by atoms with van der Waals surface area (Å²) in [6, 6.07) is 3.68. The zero-order chi connectivity index (χ0) is 14.2. The predicted octanol–water partition coefficient (Wildman–Crippen LogP) is 1.43. The zero-order valence-electron chi connectivity index (χ0n) is 11.1. The molecule has 110 valence electrons. The van der Waals surface area contributed by atoms with Gasteiger partial charge in [0, 0.05) is 19.1 Å². The molecule has 0 aromatic carbocycles. The smallest absolute Gasteiger partial charge is 0.252 e. The standard InChI is InChI=1S/C13H18N2O3S2/c16-13(14-11-5-6-11)10-3-1-7-15(9-10)20(17,18)12-4-2-8-19-12/h2,4,8,10-11H,1,3,5-7,9H2,(H,14,16)/t10-/m0/s1. The second kappa shape index (κ2) is 5.46. The van der Waals surface area contributed by atoms with Crippen LogP contribution >= 0.6 is 11.3 Å². The van der Waals surface area contributed by atoms with Gasteiger partial charge in [-0.25, -0.2) is 8.42 Å². The summed E-state index contributed by atoms with van der Waals surface area (Å²) in [6.45, 7) is 0.812. The molecule has 1 aliphatic heterocycles. The van der Waals surface area contributed by atoms with Gasteiger partial charge in [-0.2, -0.15) is 4.31 Å². The van der Waals surface area contributed by atoms with Gasteiger partial charge in [0.25, 0.3) is 10.0 Å². The molecular weight excluding hydrogens is 296 g/mol. The lowest BCUT2D eigenvalue weighted by atomic mass is 9.99. The zero-order valence-corrected chi connectivity index (χ0v) is 12.8. The molecule has 1 aromatic heterocycles. The Balaban J connectivity index is 1.69. The van der Waals surface area contributed by atoms with Gasteiger partial charge in [0.2, 0.25) is 5.91 Å². The van der Waals surface area contributed by atoms with Crippen LogP contribution in [0.1, 0.15) is 25.7 Å². The van der Waals surface area contributed by atoms with E-state index < -0.39 is 10.0 Å². The summed E-state index contributed by atoms with van der Waals surface area (Å²) in [5, 5.41) is 4.73. The number of carbonyl (C=O) groups excluding carboxylic acids is 1. The van der Waals surface area contributed by atoms with Crippen molar-refractivity contribution in [3.8, 4) is 0 Å². The summed E-state index contributed by atoms with van der Waals surface area (Å²) in [5.41, 5.74) is 0. The average Bonchev–Trinajstić information content (AvgIpc) is 3.08. The Labute approximate surface area is 123 Å². The van der Waals surface area contributed by atoms with Gasteiger partial charge in [-0.3, -0.25) is 4.79 Å². The van der Waals surface area contributed by atoms with E-state index in [1.807, 2.05) is 0 Å². The summed E-state index contributed by atoms with van der Waals surface area (Å²) in [7, 11) is -3.43. The van der Waals surface area contributed by atoms with E-state index in [0.717, 1.165) is 25.7 Å². The van der Waals surface area contributed by atoms with Gasteiger partial charge in [0.15, 0.2) is 0 Å². The van der Waals surface area contributed by atoms with Crippen molar-refractivity contribution in [1.82, 2.24) is 9.62 Å². The molecule has 0 unspecified atom stereocenters. The number of rotatable bonds is 4. The number of sulfonamides is 1. The van der Waals surface area contributed by atoms with E-state index in [0.29, 0.717) is 23.3 Å². The van der Waals surface area contributed by atoms with Crippen molar-refractivity contribution in [2.24, 2.45) is 5.92 Å². The van der Waals surface area contributed by atoms with E-state index in [1.165, 1.54) is 15.6 Å². The first-order valence-corrected chi connectivity index (χ1v) is 9.23. The van der Waals surface area contributed by atoms with Gasteiger partial charge < -0.3 is 5.32 Å². The van der Waals surface area contributed by atoms with Crippen molar-refractivity contribution < 1.29 is 13.2 Å². The van der Waals surface area contributed by atoms with Crippen LogP contribution in [-0.2, 0) is 14.8 Å². The Bertz CT molecular complexity index is 579. The van der Waals surface area contributed by atoms with Crippen molar-refractivity contribution in [3.05, 3.63) is 17.5 Å². The van der Waals surface area contributed by atoms with Crippen LogP contribution in [0.2, 0.25) is 0 Å². The molecule has 2 heterocycles. The Morgan fingerprint density at radius 1 is 1.35 bits per heavy atom. The van der Waals surface area contributed by atoms with E-state index in [2.05, 4.69) is 5.32 Å². The predicted molar refractivity (Wildman–Crippen MR) is 77.0 cm³/mol. The first-order chi connectivity index (χ1) is 9.57. The maximum Gasteiger partial charge on any atom is 0.252 e. The van der Waals surface area contributed by atoms with Gasteiger partial charge in [0.1, 0.15) is 4.21 Å². The lowest BCUT2D eigenvalue weighted by molar-refractivity contribution is -0.126. The summed E-state index contributed by atoms with van der Waals surface area (Å²) in [5.74, 6) is -0.197. The monoisotopic (exact) mass is 314 g/mol. The van der Waals surface area contributed by atoms with Crippen molar-refractivity contribution >= 4 is 27.3 Å². The third kappa shape index (κ3) is 2.89. The molecule has 0 bridgehead atoms. The van der Waals surface area contributed by atoms with Crippen LogP contribution in [-0.4, -0.2) is 37.8 Å². The molecule has 1 N–H and O–H groups in total. The number of carbonyl (C=O) groups is 1. The molecule has 1 saturated heterocycles. The molecule has 1 amide bonds. The molecule has 5 nitrogen and oxygen atoms in total. The fourth-order valence-electron chi connectivity index (χ4n) is 2.46. The lowest BCUT2D eigenvalue weighted by Crippen LogP contribution is -2.45. The highest BCUT2D eigenvalue weighted by Gasteiger charge is 2.35. The fourth-order valence-corrected chi connectivity index (χ4v) is 5.13. The molecule has 3 rings (SSSR count). The van der Waals surface area contributed by atoms with Crippen LogP contribution in [0.5, 0.6) is 0 Å². The highest BCUT2D eigenvalue weighted by Crippen LogP contribution is 2.27. The van der Waals surface area contributed by atoms with Crippen LogP contribution in [0, 0.1) is 5.92 Å². The second-order valence-electron chi connectivity index (χ2n) is 5.42. The summed E-state index contributed by atoms with van der Waals surface area (Å²) in [6.07, 6.45) is 3.62. The molecule has 20 heavy (non-hydrogen) atoms. The fraction of sp³-hybridized carbons (Fsp3) is 0.615. The van der Waals surface area contributed by atoms with Crippen LogP contribution < -0.4 is 5.32 Å². The van der Waals surface area contributed by atoms with Crippen LogP contribution in [0.3, 0.4) is 0 Å². The molecule has 1 aromatic rings. The third-order valence-electron chi connectivity index (χ3n) is 3.77. The van der Waals surface area contributed by atoms with Crippen molar-refractivity contribution in [1.29, 1.82) is 0 Å². The molecule has 7 heteroatoms. The largest absolute Gasteiger partial charge is 0.353 e. The first-order valence-electron chi connectivity index (χ1n) is 6.91. The molecule has 1 aliphatic carbocycles. The van der Waals surface area contributed by atoms with Crippen molar-refractivity contribution in [2.75, 3.05) is 13.1 Å². The van der Waals surface area contributed by atoms with E-state index in [9.17, 15) is 13.2 Å². The number of thiophene rings is 1. The average molecular weight is 314 g/mol. The van der Waals surface area contributed by atoms with E-state index >= 15 is 0 Å². The Morgan fingerprint density at radius 2 is 2.15 bits per heavy atom. The van der Waals surface area contributed by atoms with Gasteiger partial charge in [-0.1, -0.05) is 6.07 Å². The Kier molecular flexibility index (Phi) is 3.83. The molecule has 2 aliphatic rings. The SMILES string of the molecule is O=C(NC1CC1)[C@H]1CCCN(S(=O)(=O)c2cccs2)C1. The topological polar surface area (TPSA) is 66.5 Å². The van der Waals surface area contributed by atoms with Crippen LogP contribution in [0.15, 0.2) is 21.7 Å². The van der Waals surface area contributed by atoms with Crippen molar-refractivity contribution in [3.63, 3.8) is 0 Å². The minimum Gasteiger partial charge on any atom is -0.353 e. The number of piperidine rings is 1. The molecule has 1 atom stereocenters. The quantitative estimate of drug-likeness (QED) is 0.914. The van der Waals surface area contributed by atoms with E-state index in [4.69, 9.17) is 0 Å². The minimum absolute atomic E-state index is 0.0126.